The van der Waals surface area contributed by atoms with Crippen molar-refractivity contribution in [2.24, 2.45) is 0 Å². The molecule has 0 bridgehead atoms. The highest BCUT2D eigenvalue weighted by molar-refractivity contribution is 9.10. The first kappa shape index (κ1) is 10.0. The van der Waals surface area contributed by atoms with Gasteiger partial charge in [-0.2, -0.15) is 0 Å². The van der Waals surface area contributed by atoms with Crippen molar-refractivity contribution in [2.45, 2.75) is 13.5 Å². The highest BCUT2D eigenvalue weighted by atomic mass is 79.9. The van der Waals surface area contributed by atoms with Crippen LogP contribution < -0.4 is 0 Å². The average Bonchev–Trinajstić information content (AvgIpc) is 2.55. The molecule has 0 saturated heterocycles. The zero-order chi connectivity index (χ0) is 11.0. The van der Waals surface area contributed by atoms with Crippen LogP contribution in [0.1, 0.15) is 6.92 Å². The molecule has 2 aromatic rings. The fourth-order valence-corrected chi connectivity index (χ4v) is 1.72. The first-order chi connectivity index (χ1) is 7.13. The van der Waals surface area contributed by atoms with Gasteiger partial charge in [-0.1, -0.05) is 5.10 Å². The number of aryl methyl sites for hydroxylation is 1. The Morgan fingerprint density at radius 3 is 3.00 bits per heavy atom. The van der Waals surface area contributed by atoms with Crippen molar-refractivity contribution < 1.29 is 4.92 Å². The molecule has 0 fully saturated rings. The Kier molecular flexibility index (Phi) is 2.39. The molecule has 0 unspecified atom stereocenters. The Morgan fingerprint density at radius 1 is 1.67 bits per heavy atom. The maximum absolute atomic E-state index is 10.9. The SMILES string of the molecule is CCn1nc2ncc(Br)cc2c1[N+](=O)[O-]. The van der Waals surface area contributed by atoms with Crippen LogP contribution in [0.5, 0.6) is 0 Å². The molecule has 2 heterocycles. The molecule has 0 aliphatic heterocycles. The molecule has 0 saturated carbocycles. The van der Waals surface area contributed by atoms with Gasteiger partial charge in [0.15, 0.2) is 0 Å². The summed E-state index contributed by atoms with van der Waals surface area (Å²) >= 11 is 3.22. The van der Waals surface area contributed by atoms with Gasteiger partial charge >= 0.3 is 5.82 Å². The van der Waals surface area contributed by atoms with E-state index < -0.39 is 4.92 Å². The van der Waals surface area contributed by atoms with Gasteiger partial charge in [0.05, 0.1) is 0 Å². The Bertz CT molecular complexity index is 537. The van der Waals surface area contributed by atoms with Gasteiger partial charge in [-0.3, -0.25) is 0 Å². The second-order valence-electron chi connectivity index (χ2n) is 2.92. The molecule has 0 amide bonds. The third-order valence-corrected chi connectivity index (χ3v) is 2.44. The van der Waals surface area contributed by atoms with Gasteiger partial charge in [0.2, 0.25) is 5.65 Å². The summed E-state index contributed by atoms with van der Waals surface area (Å²) in [6.45, 7) is 2.25. The number of hydrogen-bond acceptors (Lipinski definition) is 4. The van der Waals surface area contributed by atoms with Crippen LogP contribution in [0.3, 0.4) is 0 Å². The average molecular weight is 271 g/mol. The Labute approximate surface area is 93.2 Å². The van der Waals surface area contributed by atoms with E-state index in [1.165, 1.54) is 4.68 Å². The van der Waals surface area contributed by atoms with Crippen molar-refractivity contribution >= 4 is 32.8 Å². The van der Waals surface area contributed by atoms with Crippen molar-refractivity contribution in [1.82, 2.24) is 14.8 Å². The zero-order valence-electron chi connectivity index (χ0n) is 7.85. The third-order valence-electron chi connectivity index (χ3n) is 2.01. The van der Waals surface area contributed by atoms with E-state index >= 15 is 0 Å². The van der Waals surface area contributed by atoms with Crippen LogP contribution in [0.25, 0.3) is 11.0 Å². The molecule has 2 rings (SSSR count). The van der Waals surface area contributed by atoms with Crippen LogP contribution in [0.2, 0.25) is 0 Å². The number of hydrogen-bond donors (Lipinski definition) is 0. The maximum Gasteiger partial charge on any atom is 0.354 e. The summed E-state index contributed by atoms with van der Waals surface area (Å²) in [7, 11) is 0. The summed E-state index contributed by atoms with van der Waals surface area (Å²) in [5.74, 6) is -0.0127. The lowest BCUT2D eigenvalue weighted by atomic mass is 10.3. The van der Waals surface area contributed by atoms with Crippen molar-refractivity contribution in [3.63, 3.8) is 0 Å². The second-order valence-corrected chi connectivity index (χ2v) is 3.84. The number of pyridine rings is 1. The molecule has 0 spiro atoms. The zero-order valence-corrected chi connectivity index (χ0v) is 9.43. The van der Waals surface area contributed by atoms with Crippen LogP contribution in [-0.4, -0.2) is 19.7 Å². The first-order valence-electron chi connectivity index (χ1n) is 4.30. The van der Waals surface area contributed by atoms with E-state index in [9.17, 15) is 10.1 Å². The number of fused-ring (bicyclic) bond motifs is 1. The molecule has 78 valence electrons. The van der Waals surface area contributed by atoms with E-state index in [0.29, 0.717) is 22.1 Å². The van der Waals surface area contributed by atoms with Crippen molar-refractivity contribution in [1.29, 1.82) is 0 Å². The molecular weight excluding hydrogens is 264 g/mol. The number of nitro groups is 1. The predicted octanol–water partition coefficient (Wildman–Crippen LogP) is 2.12. The molecule has 0 N–H and O–H groups in total. The van der Waals surface area contributed by atoms with Crippen LogP contribution in [0.15, 0.2) is 16.7 Å². The van der Waals surface area contributed by atoms with E-state index in [1.807, 2.05) is 0 Å². The normalized spacial score (nSPS) is 10.8. The standard InChI is InChI=1S/C8H7BrN4O2/c1-2-12-8(13(14)15)6-3-5(9)4-10-7(6)11-12/h3-4H,2H2,1H3. The quantitative estimate of drug-likeness (QED) is 0.619. The van der Waals surface area contributed by atoms with Gasteiger partial charge in [0.25, 0.3) is 0 Å². The highest BCUT2D eigenvalue weighted by Crippen LogP contribution is 2.26. The second kappa shape index (κ2) is 3.58. The van der Waals surface area contributed by atoms with E-state index in [2.05, 4.69) is 26.0 Å². The summed E-state index contributed by atoms with van der Waals surface area (Å²) in [6, 6.07) is 1.65. The van der Waals surface area contributed by atoms with Gasteiger partial charge in [-0.15, -0.1) is 4.68 Å². The van der Waals surface area contributed by atoms with Gasteiger partial charge in [0.1, 0.15) is 11.9 Å². The topological polar surface area (TPSA) is 73.8 Å². The minimum atomic E-state index is -0.438. The van der Waals surface area contributed by atoms with E-state index in [-0.39, 0.29) is 5.82 Å². The van der Waals surface area contributed by atoms with Crippen molar-refractivity contribution in [3.8, 4) is 0 Å². The minimum absolute atomic E-state index is 0.0127. The molecule has 0 atom stereocenters. The molecule has 15 heavy (non-hydrogen) atoms. The predicted molar refractivity (Wildman–Crippen MR) is 57.6 cm³/mol. The molecule has 0 aliphatic rings. The van der Waals surface area contributed by atoms with E-state index in [0.717, 1.165) is 0 Å². The Hall–Kier alpha value is -1.50. The van der Waals surface area contributed by atoms with Gasteiger partial charge in [0, 0.05) is 10.7 Å². The summed E-state index contributed by atoms with van der Waals surface area (Å²) in [5.41, 5.74) is 0.395. The lowest BCUT2D eigenvalue weighted by molar-refractivity contribution is -0.390. The molecule has 0 radical (unpaired) electrons. The van der Waals surface area contributed by atoms with Gasteiger partial charge in [-0.05, 0) is 33.8 Å². The summed E-state index contributed by atoms with van der Waals surface area (Å²) in [5, 5.41) is 15.4. The summed E-state index contributed by atoms with van der Waals surface area (Å²) < 4.78 is 2.04. The number of rotatable bonds is 2. The third kappa shape index (κ3) is 1.58. The molecule has 6 nitrogen and oxygen atoms in total. The van der Waals surface area contributed by atoms with Crippen LogP contribution in [-0.2, 0) is 6.54 Å². The number of aromatic nitrogens is 3. The fraction of sp³-hybridized carbons (Fsp3) is 0.250. The van der Waals surface area contributed by atoms with E-state index in [4.69, 9.17) is 0 Å². The molecule has 7 heteroatoms. The summed E-state index contributed by atoms with van der Waals surface area (Å²) in [4.78, 5) is 14.4. The smallest absolute Gasteiger partial charge is 0.354 e. The Morgan fingerprint density at radius 2 is 2.40 bits per heavy atom. The Balaban J connectivity index is 2.82. The lowest BCUT2D eigenvalue weighted by Gasteiger charge is -1.95. The largest absolute Gasteiger partial charge is 0.358 e. The van der Waals surface area contributed by atoms with Crippen LogP contribution >= 0.6 is 15.9 Å². The van der Waals surface area contributed by atoms with Gasteiger partial charge < -0.3 is 10.1 Å². The molecule has 0 aromatic carbocycles. The van der Waals surface area contributed by atoms with Crippen molar-refractivity contribution in [2.75, 3.05) is 0 Å². The highest BCUT2D eigenvalue weighted by Gasteiger charge is 2.21. The van der Waals surface area contributed by atoms with Crippen LogP contribution in [0, 0.1) is 10.1 Å². The minimum Gasteiger partial charge on any atom is -0.358 e. The molecule has 2 aromatic heterocycles. The lowest BCUT2D eigenvalue weighted by Crippen LogP contribution is -2.02. The van der Waals surface area contributed by atoms with Crippen molar-refractivity contribution in [3.05, 3.63) is 26.9 Å². The first-order valence-corrected chi connectivity index (χ1v) is 5.09. The fourth-order valence-electron chi connectivity index (χ4n) is 1.39. The van der Waals surface area contributed by atoms with E-state index in [1.54, 1.807) is 19.2 Å². The maximum atomic E-state index is 10.9. The van der Waals surface area contributed by atoms with Gasteiger partial charge in [-0.25, -0.2) is 4.98 Å². The number of halogens is 1. The molecule has 0 aliphatic carbocycles. The monoisotopic (exact) mass is 270 g/mol. The molecular formula is C8H7BrN4O2. The number of nitrogens with zero attached hydrogens (tertiary/aromatic N) is 4. The summed E-state index contributed by atoms with van der Waals surface area (Å²) in [6.07, 6.45) is 1.57. The van der Waals surface area contributed by atoms with Crippen LogP contribution in [0.4, 0.5) is 5.82 Å².